The van der Waals surface area contributed by atoms with Crippen LogP contribution in [0.2, 0.25) is 0 Å². The first-order chi connectivity index (χ1) is 26.6. The van der Waals surface area contributed by atoms with Gasteiger partial charge in [-0.3, -0.25) is 43.4 Å². The number of imide groups is 1. The maximum absolute atomic E-state index is 14.4. The summed E-state index contributed by atoms with van der Waals surface area (Å²) in [4.78, 5) is 120. The predicted molar refractivity (Wildman–Crippen MR) is 199 cm³/mol. The molecule has 2 aliphatic rings. The molecule has 0 bridgehead atoms. The van der Waals surface area contributed by atoms with Gasteiger partial charge < -0.3 is 39.1 Å². The van der Waals surface area contributed by atoms with E-state index in [9.17, 15) is 43.2 Å². The van der Waals surface area contributed by atoms with Gasteiger partial charge in [0.05, 0.1) is 30.1 Å². The Hall–Kier alpha value is -5.50. The summed E-state index contributed by atoms with van der Waals surface area (Å²) in [5.74, 6) is -7.44. The first kappa shape index (κ1) is 45.9. The van der Waals surface area contributed by atoms with Crippen molar-refractivity contribution in [3.05, 3.63) is 35.4 Å². The van der Waals surface area contributed by atoms with E-state index in [1.54, 1.807) is 34.6 Å². The number of amides is 5. The number of rotatable bonds is 15. The molecule has 20 heteroatoms. The lowest BCUT2D eigenvalue weighted by Gasteiger charge is -2.49. The number of nitrogens with one attached hydrogen (secondary N) is 2. The summed E-state index contributed by atoms with van der Waals surface area (Å²) in [6, 6.07) is 1.01. The Balaban J connectivity index is 2.19. The Morgan fingerprint density at radius 1 is 0.895 bits per heavy atom. The molecule has 2 N–H and O–H groups in total. The first-order valence-corrected chi connectivity index (χ1v) is 18.3. The number of hydrogen-bond acceptors (Lipinski definition) is 16. The second kappa shape index (κ2) is 19.6. The molecule has 3 rings (SSSR count). The molecule has 1 saturated heterocycles. The van der Waals surface area contributed by atoms with Gasteiger partial charge in [0.25, 0.3) is 11.8 Å². The summed E-state index contributed by atoms with van der Waals surface area (Å²) in [5.41, 5.74) is -0.363. The molecule has 2 heterocycles. The van der Waals surface area contributed by atoms with Gasteiger partial charge in [0.2, 0.25) is 11.8 Å². The molecule has 2 aliphatic heterocycles. The van der Waals surface area contributed by atoms with E-state index < -0.39 is 115 Å². The summed E-state index contributed by atoms with van der Waals surface area (Å²) in [6.45, 7) is 10.7. The third-order valence-corrected chi connectivity index (χ3v) is 8.61. The van der Waals surface area contributed by atoms with Crippen LogP contribution >= 0.6 is 12.2 Å². The van der Waals surface area contributed by atoms with Crippen molar-refractivity contribution in [3.8, 4) is 0 Å². The van der Waals surface area contributed by atoms with Gasteiger partial charge in [-0.25, -0.2) is 9.59 Å². The lowest BCUT2D eigenvalue weighted by molar-refractivity contribution is -0.246. The van der Waals surface area contributed by atoms with Gasteiger partial charge in [0.1, 0.15) is 36.4 Å². The van der Waals surface area contributed by atoms with Gasteiger partial charge in [-0.15, -0.1) is 0 Å². The molecule has 1 fully saturated rings. The molecule has 5 amide bonds. The molecule has 0 aromatic heterocycles. The van der Waals surface area contributed by atoms with E-state index in [4.69, 9.17) is 40.6 Å². The van der Waals surface area contributed by atoms with Gasteiger partial charge >= 0.3 is 30.0 Å². The molecular weight excluding hydrogens is 772 g/mol. The van der Waals surface area contributed by atoms with Crippen LogP contribution < -0.4 is 10.6 Å². The predicted octanol–water partition coefficient (Wildman–Crippen LogP) is 1.58. The van der Waals surface area contributed by atoms with E-state index in [1.165, 1.54) is 24.3 Å². The van der Waals surface area contributed by atoms with Crippen molar-refractivity contribution in [3.63, 3.8) is 0 Å². The minimum atomic E-state index is -1.87. The van der Waals surface area contributed by atoms with Crippen LogP contribution in [-0.2, 0) is 57.2 Å². The average molecular weight is 821 g/mol. The zero-order valence-electron chi connectivity index (χ0n) is 33.1. The Labute approximate surface area is 334 Å². The fourth-order valence-electron chi connectivity index (χ4n) is 6.18. The molecule has 0 unspecified atom stereocenters. The highest BCUT2D eigenvalue weighted by molar-refractivity contribution is 7.78. The molecule has 312 valence electrons. The van der Waals surface area contributed by atoms with Crippen LogP contribution in [0.15, 0.2) is 24.3 Å². The summed E-state index contributed by atoms with van der Waals surface area (Å²) in [5, 5.41) is 4.83. The zero-order chi connectivity index (χ0) is 42.9. The quantitative estimate of drug-likeness (QED) is 0.111. The molecular formula is C37H48N4O15S. The highest BCUT2D eigenvalue weighted by atomic mass is 32.1. The summed E-state index contributed by atoms with van der Waals surface area (Å²) in [6.07, 6.45) is -8.68. The summed E-state index contributed by atoms with van der Waals surface area (Å²) >= 11 is 5.26. The zero-order valence-corrected chi connectivity index (χ0v) is 33.9. The molecule has 0 aliphatic carbocycles. The van der Waals surface area contributed by atoms with Gasteiger partial charge in [0, 0.05) is 20.8 Å². The molecule has 1 aromatic carbocycles. The van der Waals surface area contributed by atoms with Crippen molar-refractivity contribution in [2.75, 3.05) is 13.7 Å². The number of ether oxygens (including phenoxy) is 6. The second-order valence-electron chi connectivity index (χ2n) is 14.6. The van der Waals surface area contributed by atoms with Crippen molar-refractivity contribution >= 4 is 71.3 Å². The number of hydrogen-bond donors (Lipinski definition) is 2. The van der Waals surface area contributed by atoms with Crippen LogP contribution in [0.5, 0.6) is 0 Å². The van der Waals surface area contributed by atoms with Crippen molar-refractivity contribution in [1.82, 2.24) is 20.4 Å². The first-order valence-electron chi connectivity index (χ1n) is 17.8. The molecule has 19 nitrogen and oxygen atoms in total. The standard InChI is InChI=1S/C37H48N4O15S/c1-18(2)14-25(35(49)51-9)38-31(46)24(39-36(50)56-37(6,7)8)15-27(45)40(17-57)34-28(41-32(47)22-12-10-11-13-23(22)33(41)48)30(54-21(5)44)29(53-20(4)43)26(55-34)16-52-19(3)42/h10-13,17-18,24-26,28-30,34H,14-16H2,1-9H3,(H,38,46)(H,39,50)/t24-,25-,26+,28+,29+,30+,34+/m0/s1. The summed E-state index contributed by atoms with van der Waals surface area (Å²) < 4.78 is 32.7. The number of thiocarbonyl (C=S) groups is 1. The number of carbonyl (C=O) groups excluding carboxylic acids is 9. The number of carbonyl (C=O) groups is 9. The van der Waals surface area contributed by atoms with E-state index in [0.717, 1.165) is 33.4 Å². The minimum absolute atomic E-state index is 0.0472. The van der Waals surface area contributed by atoms with E-state index in [0.29, 0.717) is 9.80 Å². The van der Waals surface area contributed by atoms with Crippen LogP contribution in [0.1, 0.15) is 88.9 Å². The Morgan fingerprint density at radius 2 is 1.46 bits per heavy atom. The maximum atomic E-state index is 14.4. The number of nitrogens with zero attached hydrogens (tertiary/aromatic N) is 2. The number of benzene rings is 1. The smallest absolute Gasteiger partial charge is 0.408 e. The van der Waals surface area contributed by atoms with Gasteiger partial charge in [-0.1, -0.05) is 38.2 Å². The highest BCUT2D eigenvalue weighted by Gasteiger charge is 2.58. The Kier molecular flexibility index (Phi) is 15.8. The maximum Gasteiger partial charge on any atom is 0.408 e. The van der Waals surface area contributed by atoms with Crippen LogP contribution in [0.25, 0.3) is 0 Å². The monoisotopic (exact) mass is 820 g/mol. The number of alkyl carbamates (subject to hydrolysis) is 1. The second-order valence-corrected chi connectivity index (χ2v) is 14.8. The van der Waals surface area contributed by atoms with E-state index in [2.05, 4.69) is 10.6 Å². The number of methoxy groups -OCH3 is 1. The summed E-state index contributed by atoms with van der Waals surface area (Å²) in [7, 11) is 1.12. The Morgan fingerprint density at radius 3 is 1.93 bits per heavy atom. The molecule has 7 atom stereocenters. The van der Waals surface area contributed by atoms with Crippen LogP contribution in [-0.4, -0.2) is 131 Å². The number of esters is 4. The van der Waals surface area contributed by atoms with Crippen LogP contribution in [0, 0.1) is 5.92 Å². The van der Waals surface area contributed by atoms with Gasteiger partial charge in [-0.05, 0) is 45.2 Å². The Bertz CT molecular complexity index is 1730. The van der Waals surface area contributed by atoms with Gasteiger partial charge in [0.15, 0.2) is 18.4 Å². The fourth-order valence-corrected chi connectivity index (χ4v) is 6.42. The molecule has 0 radical (unpaired) electrons. The van der Waals surface area contributed by atoms with E-state index in [-0.39, 0.29) is 23.5 Å². The van der Waals surface area contributed by atoms with E-state index >= 15 is 0 Å². The minimum Gasteiger partial charge on any atom is -0.467 e. The largest absolute Gasteiger partial charge is 0.467 e. The highest BCUT2D eigenvalue weighted by Crippen LogP contribution is 2.36. The average Bonchev–Trinajstić information content (AvgIpc) is 3.35. The third-order valence-electron chi connectivity index (χ3n) is 8.38. The molecule has 0 spiro atoms. The normalized spacial score (nSPS) is 21.3. The van der Waals surface area contributed by atoms with E-state index in [1.807, 2.05) is 0 Å². The van der Waals surface area contributed by atoms with Crippen LogP contribution in [0.4, 0.5) is 4.79 Å². The molecule has 0 saturated carbocycles. The van der Waals surface area contributed by atoms with Crippen molar-refractivity contribution < 1.29 is 71.6 Å². The van der Waals surface area contributed by atoms with Crippen molar-refractivity contribution in [1.29, 1.82) is 0 Å². The fraction of sp³-hybridized carbons (Fsp3) is 0.568. The van der Waals surface area contributed by atoms with Gasteiger partial charge in [-0.2, -0.15) is 0 Å². The lowest BCUT2D eigenvalue weighted by Crippen LogP contribution is -2.71. The third kappa shape index (κ3) is 12.0. The number of fused-ring (bicyclic) bond motifs is 1. The van der Waals surface area contributed by atoms with Crippen molar-refractivity contribution in [2.24, 2.45) is 5.92 Å². The topological polar surface area (TPSA) is 240 Å². The lowest BCUT2D eigenvalue weighted by atomic mass is 9.93. The molecule has 1 aromatic rings. The van der Waals surface area contributed by atoms with Crippen molar-refractivity contribution in [2.45, 2.75) is 116 Å². The van der Waals surface area contributed by atoms with Crippen LogP contribution in [0.3, 0.4) is 0 Å². The SMILES string of the molecule is COC(=O)[C@H](CC(C)C)NC(=O)[C@H](CC(=O)N(C=S)[C@@H]1O[C@H](COC(C)=O)[C@@H](OC(C)=O)[C@H](OC(C)=O)[C@H]1N1C(=O)c2ccccc2C1=O)NC(=O)OC(C)(C)C. The molecule has 57 heavy (non-hydrogen) atoms.